The molecule has 0 radical (unpaired) electrons. The minimum Gasteiger partial charge on any atom is -0.351 e. The number of primary amides is 1. The van der Waals surface area contributed by atoms with Crippen molar-refractivity contribution in [1.29, 1.82) is 0 Å². The second kappa shape index (κ2) is 8.49. The highest BCUT2D eigenvalue weighted by Gasteiger charge is 2.34. The van der Waals surface area contributed by atoms with Crippen LogP contribution in [-0.4, -0.2) is 35.8 Å². The number of carbonyl (C=O) groups is 3. The number of urea groups is 1. The maximum absolute atomic E-state index is 12.3. The number of carbonyl (C=O) groups excluding carboxylic acids is 3. The summed E-state index contributed by atoms with van der Waals surface area (Å²) in [6.45, 7) is 0.969. The van der Waals surface area contributed by atoms with Gasteiger partial charge in [0.05, 0.1) is 11.1 Å². The van der Waals surface area contributed by atoms with Gasteiger partial charge in [-0.15, -0.1) is 0 Å². The summed E-state index contributed by atoms with van der Waals surface area (Å²) in [5.41, 5.74) is 7.23. The van der Waals surface area contributed by atoms with Crippen LogP contribution in [0.2, 0.25) is 0 Å². The Hall–Kier alpha value is -3.15. The summed E-state index contributed by atoms with van der Waals surface area (Å²) in [5, 5.41) is 0. The van der Waals surface area contributed by atoms with Gasteiger partial charge in [-0.2, -0.15) is 0 Å². The summed E-state index contributed by atoms with van der Waals surface area (Å²) in [4.78, 5) is 39.1. The molecule has 0 atom stereocenters. The average molecular weight is 365 g/mol. The Bertz CT molecular complexity index is 801. The number of hydrogen-bond acceptors (Lipinski definition) is 3. The van der Waals surface area contributed by atoms with Gasteiger partial charge in [0.1, 0.15) is 0 Å². The van der Waals surface area contributed by atoms with Crippen LogP contribution < -0.4 is 10.6 Å². The SMILES string of the molecule is NC(=O)N(CCCCCCN1C(=O)c2ccccc2C1=O)c1ccccc1. The van der Waals surface area contributed by atoms with E-state index in [1.807, 2.05) is 30.3 Å². The molecule has 2 aromatic rings. The van der Waals surface area contributed by atoms with Gasteiger partial charge in [0.15, 0.2) is 0 Å². The lowest BCUT2D eigenvalue weighted by molar-refractivity contribution is 0.0651. The number of fused-ring (bicyclic) bond motifs is 1. The first-order valence-electron chi connectivity index (χ1n) is 9.17. The molecule has 4 amide bonds. The molecule has 0 saturated heterocycles. The fraction of sp³-hybridized carbons (Fsp3) is 0.286. The van der Waals surface area contributed by atoms with Gasteiger partial charge in [-0.25, -0.2) is 4.79 Å². The van der Waals surface area contributed by atoms with Crippen molar-refractivity contribution in [3.63, 3.8) is 0 Å². The molecule has 1 aliphatic heterocycles. The van der Waals surface area contributed by atoms with Gasteiger partial charge in [-0.3, -0.25) is 19.4 Å². The topological polar surface area (TPSA) is 83.7 Å². The highest BCUT2D eigenvalue weighted by atomic mass is 16.2. The Morgan fingerprint density at radius 2 is 1.37 bits per heavy atom. The van der Waals surface area contributed by atoms with E-state index in [1.165, 1.54) is 4.90 Å². The molecule has 0 aromatic heterocycles. The molecular formula is C21H23N3O3. The fourth-order valence-electron chi connectivity index (χ4n) is 3.31. The minimum atomic E-state index is -0.466. The van der Waals surface area contributed by atoms with Gasteiger partial charge >= 0.3 is 6.03 Å². The predicted octanol–water partition coefficient (Wildman–Crippen LogP) is 3.43. The van der Waals surface area contributed by atoms with Crippen LogP contribution in [-0.2, 0) is 0 Å². The van der Waals surface area contributed by atoms with Gasteiger partial charge in [0.2, 0.25) is 0 Å². The molecule has 6 heteroatoms. The van der Waals surface area contributed by atoms with Crippen molar-refractivity contribution in [2.45, 2.75) is 25.7 Å². The zero-order valence-electron chi connectivity index (χ0n) is 15.1. The first-order valence-corrected chi connectivity index (χ1v) is 9.17. The molecule has 140 valence electrons. The van der Waals surface area contributed by atoms with Crippen molar-refractivity contribution < 1.29 is 14.4 Å². The lowest BCUT2D eigenvalue weighted by Crippen LogP contribution is -2.36. The van der Waals surface area contributed by atoms with Crippen molar-refractivity contribution in [3.8, 4) is 0 Å². The Labute approximate surface area is 158 Å². The van der Waals surface area contributed by atoms with Crippen LogP contribution >= 0.6 is 0 Å². The minimum absolute atomic E-state index is 0.209. The normalized spacial score (nSPS) is 13.0. The van der Waals surface area contributed by atoms with Gasteiger partial charge < -0.3 is 5.73 Å². The Balaban J connectivity index is 1.42. The van der Waals surface area contributed by atoms with E-state index >= 15 is 0 Å². The van der Waals surface area contributed by atoms with E-state index in [9.17, 15) is 14.4 Å². The van der Waals surface area contributed by atoms with E-state index in [-0.39, 0.29) is 11.8 Å². The van der Waals surface area contributed by atoms with Crippen LogP contribution in [0, 0.1) is 0 Å². The van der Waals surface area contributed by atoms with Crippen LogP contribution in [0.25, 0.3) is 0 Å². The average Bonchev–Trinajstić information content (AvgIpc) is 2.92. The number of imide groups is 1. The number of nitrogens with zero attached hydrogens (tertiary/aromatic N) is 2. The third-order valence-corrected chi connectivity index (χ3v) is 4.73. The van der Waals surface area contributed by atoms with Crippen LogP contribution in [0.1, 0.15) is 46.4 Å². The molecule has 1 heterocycles. The number of benzene rings is 2. The van der Waals surface area contributed by atoms with Gasteiger partial charge in [0, 0.05) is 18.8 Å². The van der Waals surface area contributed by atoms with Crippen molar-refractivity contribution in [2.24, 2.45) is 5.73 Å². The van der Waals surface area contributed by atoms with E-state index < -0.39 is 6.03 Å². The third kappa shape index (κ3) is 4.16. The molecule has 0 bridgehead atoms. The van der Waals surface area contributed by atoms with Crippen molar-refractivity contribution in [1.82, 2.24) is 4.90 Å². The van der Waals surface area contributed by atoms with E-state index in [2.05, 4.69) is 0 Å². The van der Waals surface area contributed by atoms with Crippen LogP contribution in [0.5, 0.6) is 0 Å². The number of unbranched alkanes of at least 4 members (excludes halogenated alkanes) is 3. The summed E-state index contributed by atoms with van der Waals surface area (Å²) in [5.74, 6) is -0.417. The Morgan fingerprint density at radius 1 is 0.815 bits per heavy atom. The highest BCUT2D eigenvalue weighted by molar-refractivity contribution is 6.21. The maximum Gasteiger partial charge on any atom is 0.319 e. The zero-order chi connectivity index (χ0) is 19.2. The van der Waals surface area contributed by atoms with E-state index in [0.29, 0.717) is 24.2 Å². The molecule has 3 rings (SSSR count). The molecule has 0 fully saturated rings. The molecule has 0 aliphatic carbocycles. The molecule has 2 N–H and O–H groups in total. The standard InChI is InChI=1S/C21H23N3O3/c22-21(27)23(16-10-4-3-5-11-16)14-8-1-2-9-15-24-19(25)17-12-6-7-13-18(17)20(24)26/h3-7,10-13H,1-2,8-9,14-15H2,(H2,22,27). The molecular weight excluding hydrogens is 342 g/mol. The number of anilines is 1. The first-order chi connectivity index (χ1) is 13.1. The molecule has 1 aliphatic rings. The highest BCUT2D eigenvalue weighted by Crippen LogP contribution is 2.23. The van der Waals surface area contributed by atoms with Crippen LogP contribution in [0.15, 0.2) is 54.6 Å². The fourth-order valence-corrected chi connectivity index (χ4v) is 3.31. The number of amides is 4. The quantitative estimate of drug-likeness (QED) is 0.574. The van der Waals surface area contributed by atoms with E-state index in [4.69, 9.17) is 5.73 Å². The molecule has 0 spiro atoms. The zero-order valence-corrected chi connectivity index (χ0v) is 15.1. The number of nitrogens with two attached hydrogens (primary N) is 1. The van der Waals surface area contributed by atoms with Crippen molar-refractivity contribution in [2.75, 3.05) is 18.0 Å². The largest absolute Gasteiger partial charge is 0.351 e. The molecule has 6 nitrogen and oxygen atoms in total. The summed E-state index contributed by atoms with van der Waals surface area (Å²) < 4.78 is 0. The smallest absolute Gasteiger partial charge is 0.319 e. The van der Waals surface area contributed by atoms with Gasteiger partial charge in [-0.1, -0.05) is 43.2 Å². The van der Waals surface area contributed by atoms with E-state index in [0.717, 1.165) is 31.4 Å². The predicted molar refractivity (Wildman–Crippen MR) is 104 cm³/mol. The number of hydrogen-bond donors (Lipinski definition) is 1. The summed E-state index contributed by atoms with van der Waals surface area (Å²) in [6, 6.07) is 15.8. The van der Waals surface area contributed by atoms with Crippen molar-refractivity contribution >= 4 is 23.5 Å². The third-order valence-electron chi connectivity index (χ3n) is 4.73. The number of para-hydroxylation sites is 1. The molecule has 0 saturated carbocycles. The monoisotopic (exact) mass is 365 g/mol. The molecule has 2 aromatic carbocycles. The van der Waals surface area contributed by atoms with Gasteiger partial charge in [0.25, 0.3) is 11.8 Å². The lowest BCUT2D eigenvalue weighted by atomic mass is 10.1. The lowest BCUT2D eigenvalue weighted by Gasteiger charge is -2.20. The molecule has 0 unspecified atom stereocenters. The number of rotatable bonds is 8. The van der Waals surface area contributed by atoms with Crippen molar-refractivity contribution in [3.05, 3.63) is 65.7 Å². The Kier molecular flexibility index (Phi) is 5.86. The summed E-state index contributed by atoms with van der Waals surface area (Å²) in [6.07, 6.45) is 3.31. The maximum atomic E-state index is 12.3. The Morgan fingerprint density at radius 3 is 1.96 bits per heavy atom. The second-order valence-corrected chi connectivity index (χ2v) is 6.55. The van der Waals surface area contributed by atoms with Crippen LogP contribution in [0.3, 0.4) is 0 Å². The first kappa shape index (κ1) is 18.6. The summed E-state index contributed by atoms with van der Waals surface area (Å²) in [7, 11) is 0. The van der Waals surface area contributed by atoms with Crippen LogP contribution in [0.4, 0.5) is 10.5 Å². The second-order valence-electron chi connectivity index (χ2n) is 6.55. The molecule has 27 heavy (non-hydrogen) atoms. The van der Waals surface area contributed by atoms with E-state index in [1.54, 1.807) is 29.2 Å². The van der Waals surface area contributed by atoms with Gasteiger partial charge in [-0.05, 0) is 37.1 Å². The summed E-state index contributed by atoms with van der Waals surface area (Å²) >= 11 is 0.